The SMILES string of the molecule is COc1cnc(N2C[C@@]3(CCC[C@](C)(Cn4cnc5ccc(C#N)cc54)C3)OC2=O)cn1. The summed E-state index contributed by atoms with van der Waals surface area (Å²) in [5.41, 5.74) is 1.79. The quantitative estimate of drug-likeness (QED) is 0.619. The fourth-order valence-corrected chi connectivity index (χ4v) is 5.17. The molecule has 9 heteroatoms. The van der Waals surface area contributed by atoms with E-state index >= 15 is 0 Å². The summed E-state index contributed by atoms with van der Waals surface area (Å²) in [7, 11) is 1.52. The molecule has 0 bridgehead atoms. The van der Waals surface area contributed by atoms with Crippen molar-refractivity contribution in [2.24, 2.45) is 5.41 Å². The number of carbonyl (C=O) groups excluding carboxylic acids is 1. The summed E-state index contributed by atoms with van der Waals surface area (Å²) in [6, 6.07) is 7.74. The summed E-state index contributed by atoms with van der Waals surface area (Å²) in [6.45, 7) is 3.42. The first-order valence-electron chi connectivity index (χ1n) is 10.6. The molecule has 1 aliphatic carbocycles. The maximum atomic E-state index is 12.7. The fraction of sp³-hybridized carbons (Fsp3) is 0.435. The molecule has 0 unspecified atom stereocenters. The number of hydrogen-bond donors (Lipinski definition) is 0. The Bertz CT molecular complexity index is 1220. The van der Waals surface area contributed by atoms with E-state index in [-0.39, 0.29) is 11.5 Å². The van der Waals surface area contributed by atoms with Gasteiger partial charge >= 0.3 is 6.09 Å². The summed E-state index contributed by atoms with van der Waals surface area (Å²) in [5.74, 6) is 0.859. The molecular formula is C23H24N6O3. The van der Waals surface area contributed by atoms with Crippen LogP contribution in [-0.2, 0) is 11.3 Å². The van der Waals surface area contributed by atoms with E-state index in [9.17, 15) is 10.1 Å². The molecule has 2 fully saturated rings. The van der Waals surface area contributed by atoms with E-state index in [0.29, 0.717) is 23.8 Å². The van der Waals surface area contributed by atoms with E-state index in [4.69, 9.17) is 9.47 Å². The number of nitrogens with zero attached hydrogens (tertiary/aromatic N) is 6. The number of amides is 1. The van der Waals surface area contributed by atoms with Crippen molar-refractivity contribution in [1.29, 1.82) is 5.26 Å². The minimum absolute atomic E-state index is 0.0869. The van der Waals surface area contributed by atoms with Crippen LogP contribution in [0.1, 0.15) is 38.2 Å². The number of hydrogen-bond acceptors (Lipinski definition) is 7. The lowest BCUT2D eigenvalue weighted by Gasteiger charge is -2.43. The van der Waals surface area contributed by atoms with Gasteiger partial charge in [-0.2, -0.15) is 5.26 Å². The summed E-state index contributed by atoms with van der Waals surface area (Å²) < 4.78 is 13.1. The summed E-state index contributed by atoms with van der Waals surface area (Å²) >= 11 is 0. The van der Waals surface area contributed by atoms with Gasteiger partial charge in [-0.3, -0.25) is 4.90 Å². The van der Waals surface area contributed by atoms with Crippen molar-refractivity contribution < 1.29 is 14.3 Å². The standard InChI is InChI=1S/C23H24N6O3/c1-22(13-28-15-27-17-5-4-16(9-24)8-18(17)28)6-3-7-23(12-22)14-29(21(30)32-23)19-10-26-20(31-2)11-25-19/h4-5,8,10-11,15H,3,6-7,12-14H2,1-2H3/t22-,23-/m0/s1. The lowest BCUT2D eigenvalue weighted by Crippen LogP contribution is -2.45. The number of nitriles is 1. The van der Waals surface area contributed by atoms with Crippen LogP contribution in [0.15, 0.2) is 36.9 Å². The predicted molar refractivity (Wildman–Crippen MR) is 116 cm³/mol. The zero-order chi connectivity index (χ0) is 22.3. The highest BCUT2D eigenvalue weighted by molar-refractivity contribution is 5.89. The summed E-state index contributed by atoms with van der Waals surface area (Å²) in [5, 5.41) is 9.26. The van der Waals surface area contributed by atoms with Gasteiger partial charge in [0.1, 0.15) is 5.60 Å². The number of ether oxygens (including phenoxy) is 2. The van der Waals surface area contributed by atoms with E-state index in [1.165, 1.54) is 19.5 Å². The molecule has 5 rings (SSSR count). The zero-order valence-electron chi connectivity index (χ0n) is 18.1. The highest BCUT2D eigenvalue weighted by atomic mass is 16.6. The number of imidazole rings is 1. The topological polar surface area (TPSA) is 106 Å². The van der Waals surface area contributed by atoms with E-state index in [1.807, 2.05) is 18.5 Å². The second kappa shape index (κ2) is 7.48. The largest absolute Gasteiger partial charge is 0.480 e. The van der Waals surface area contributed by atoms with Crippen LogP contribution in [0.3, 0.4) is 0 Å². The third-order valence-corrected chi connectivity index (χ3v) is 6.53. The van der Waals surface area contributed by atoms with E-state index in [0.717, 1.165) is 43.3 Å². The average molecular weight is 432 g/mol. The van der Waals surface area contributed by atoms with Crippen molar-refractivity contribution in [2.45, 2.75) is 44.8 Å². The van der Waals surface area contributed by atoms with Crippen molar-refractivity contribution in [3.63, 3.8) is 0 Å². The number of anilines is 1. The Hall–Kier alpha value is -3.67. The van der Waals surface area contributed by atoms with Gasteiger partial charge in [-0.25, -0.2) is 19.7 Å². The highest BCUT2D eigenvalue weighted by Crippen LogP contribution is 2.47. The maximum Gasteiger partial charge on any atom is 0.416 e. The van der Waals surface area contributed by atoms with Gasteiger partial charge in [0, 0.05) is 6.54 Å². The van der Waals surface area contributed by atoms with Crippen LogP contribution in [0.2, 0.25) is 0 Å². The van der Waals surface area contributed by atoms with Crippen molar-refractivity contribution >= 4 is 22.9 Å². The summed E-state index contributed by atoms with van der Waals surface area (Å²) in [4.78, 5) is 27.3. The van der Waals surface area contributed by atoms with Crippen LogP contribution >= 0.6 is 0 Å². The number of methoxy groups -OCH3 is 1. The molecule has 1 spiro atoms. The van der Waals surface area contributed by atoms with Crippen molar-refractivity contribution in [3.05, 3.63) is 42.5 Å². The molecule has 0 radical (unpaired) electrons. The van der Waals surface area contributed by atoms with Crippen LogP contribution in [-0.4, -0.2) is 44.9 Å². The lowest BCUT2D eigenvalue weighted by molar-refractivity contribution is -0.0264. The van der Waals surface area contributed by atoms with Crippen LogP contribution < -0.4 is 9.64 Å². The van der Waals surface area contributed by atoms with Gasteiger partial charge in [-0.05, 0) is 49.3 Å². The Labute approximate surface area is 185 Å². The average Bonchev–Trinajstić information content (AvgIpc) is 3.33. The van der Waals surface area contributed by atoms with Crippen LogP contribution in [0, 0.1) is 16.7 Å². The molecule has 1 aromatic carbocycles. The first kappa shape index (κ1) is 20.2. The smallest absolute Gasteiger partial charge is 0.416 e. The highest BCUT2D eigenvalue weighted by Gasteiger charge is 2.52. The number of rotatable bonds is 4. The Balaban J connectivity index is 1.38. The van der Waals surface area contributed by atoms with E-state index in [2.05, 4.69) is 32.5 Å². The predicted octanol–water partition coefficient (Wildman–Crippen LogP) is 3.68. The second-order valence-corrected chi connectivity index (χ2v) is 9.08. The van der Waals surface area contributed by atoms with Gasteiger partial charge < -0.3 is 14.0 Å². The molecule has 1 amide bonds. The second-order valence-electron chi connectivity index (χ2n) is 9.08. The van der Waals surface area contributed by atoms with Gasteiger partial charge in [0.15, 0.2) is 5.82 Å². The number of benzene rings is 1. The Morgan fingerprint density at radius 3 is 2.88 bits per heavy atom. The molecule has 32 heavy (non-hydrogen) atoms. The van der Waals surface area contributed by atoms with Crippen LogP contribution in [0.5, 0.6) is 5.88 Å². The maximum absolute atomic E-state index is 12.7. The van der Waals surface area contributed by atoms with E-state index < -0.39 is 5.60 Å². The minimum atomic E-state index is -0.556. The van der Waals surface area contributed by atoms with Gasteiger partial charge in [0.2, 0.25) is 5.88 Å². The molecule has 2 aliphatic rings. The third kappa shape index (κ3) is 3.51. The Kier molecular flexibility index (Phi) is 4.73. The Morgan fingerprint density at radius 2 is 2.12 bits per heavy atom. The molecule has 1 saturated carbocycles. The zero-order valence-corrected chi connectivity index (χ0v) is 18.1. The third-order valence-electron chi connectivity index (χ3n) is 6.53. The molecular weight excluding hydrogens is 408 g/mol. The normalized spacial score (nSPS) is 25.2. The fourth-order valence-electron chi connectivity index (χ4n) is 5.17. The van der Waals surface area contributed by atoms with Crippen LogP contribution in [0.25, 0.3) is 11.0 Å². The number of carbonyl (C=O) groups is 1. The van der Waals surface area contributed by atoms with Gasteiger partial charge in [0.25, 0.3) is 0 Å². The molecule has 2 aromatic heterocycles. The molecule has 3 heterocycles. The molecule has 3 aromatic rings. The molecule has 2 atom stereocenters. The molecule has 9 nitrogen and oxygen atoms in total. The van der Waals surface area contributed by atoms with Crippen molar-refractivity contribution in [1.82, 2.24) is 19.5 Å². The monoisotopic (exact) mass is 432 g/mol. The molecule has 1 aliphatic heterocycles. The van der Waals surface area contributed by atoms with E-state index in [1.54, 1.807) is 11.0 Å². The lowest BCUT2D eigenvalue weighted by atomic mass is 9.68. The summed E-state index contributed by atoms with van der Waals surface area (Å²) in [6.07, 6.45) is 8.01. The van der Waals surface area contributed by atoms with Gasteiger partial charge in [0.05, 0.1) is 55.0 Å². The minimum Gasteiger partial charge on any atom is -0.480 e. The Morgan fingerprint density at radius 1 is 1.25 bits per heavy atom. The first-order valence-corrected chi connectivity index (χ1v) is 10.6. The molecule has 164 valence electrons. The van der Waals surface area contributed by atoms with Crippen molar-refractivity contribution in [2.75, 3.05) is 18.6 Å². The first-order chi connectivity index (χ1) is 15.4. The number of fused-ring (bicyclic) bond motifs is 1. The van der Waals surface area contributed by atoms with Gasteiger partial charge in [-0.1, -0.05) is 6.92 Å². The van der Waals surface area contributed by atoms with Crippen molar-refractivity contribution in [3.8, 4) is 11.9 Å². The van der Waals surface area contributed by atoms with Crippen LogP contribution in [0.4, 0.5) is 10.6 Å². The molecule has 1 saturated heterocycles. The number of aromatic nitrogens is 4. The molecule has 0 N–H and O–H groups in total. The van der Waals surface area contributed by atoms with Gasteiger partial charge in [-0.15, -0.1) is 0 Å².